The molecule has 0 atom stereocenters. The van der Waals surface area contributed by atoms with Crippen molar-refractivity contribution in [3.63, 3.8) is 0 Å². The number of hydrogen-bond donors (Lipinski definition) is 1. The molecule has 0 radical (unpaired) electrons. The van der Waals surface area contributed by atoms with Gasteiger partial charge in [-0.15, -0.1) is 0 Å². The molecule has 1 aromatic carbocycles. The molecule has 0 unspecified atom stereocenters. The van der Waals surface area contributed by atoms with Crippen LogP contribution in [0.5, 0.6) is 11.5 Å². The maximum atomic E-state index is 13.9. The molecule has 1 amide bonds. The van der Waals surface area contributed by atoms with E-state index in [-0.39, 0.29) is 22.7 Å². The van der Waals surface area contributed by atoms with Gasteiger partial charge in [-0.2, -0.15) is 0 Å². The zero-order valence-electron chi connectivity index (χ0n) is 9.67. The van der Waals surface area contributed by atoms with Gasteiger partial charge in [-0.3, -0.25) is 9.59 Å². The summed E-state index contributed by atoms with van der Waals surface area (Å²) in [5, 5.41) is 2.27. The van der Waals surface area contributed by atoms with Gasteiger partial charge in [-0.05, 0) is 6.07 Å². The maximum absolute atomic E-state index is 13.9. The summed E-state index contributed by atoms with van der Waals surface area (Å²) in [7, 11) is 2.54. The summed E-state index contributed by atoms with van der Waals surface area (Å²) >= 11 is 0. The molecule has 92 valence electrons. The number of carbonyl (C=O) groups excluding carboxylic acids is 2. The highest BCUT2D eigenvalue weighted by molar-refractivity contribution is 5.92. The van der Waals surface area contributed by atoms with E-state index < -0.39 is 11.7 Å². The molecule has 1 N–H and O–H groups in total. The van der Waals surface area contributed by atoms with Crippen molar-refractivity contribution >= 4 is 17.9 Å². The van der Waals surface area contributed by atoms with E-state index in [1.165, 1.54) is 27.2 Å². The molecule has 0 aliphatic heterocycles. The molecule has 0 bridgehead atoms. The fourth-order valence-electron chi connectivity index (χ4n) is 1.40. The average Bonchev–Trinajstić information content (AvgIpc) is 2.30. The molecule has 6 heteroatoms. The summed E-state index contributed by atoms with van der Waals surface area (Å²) in [5.41, 5.74) is -0.0354. The summed E-state index contributed by atoms with van der Waals surface area (Å²) in [5.74, 6) is -1.46. The molecule has 0 heterocycles. The molecule has 0 saturated carbocycles. The van der Waals surface area contributed by atoms with Gasteiger partial charge in [0.25, 0.3) is 0 Å². The van der Waals surface area contributed by atoms with Crippen LogP contribution in [0.3, 0.4) is 0 Å². The molecule has 0 fully saturated rings. The minimum atomic E-state index is -0.787. The third-order valence-electron chi connectivity index (χ3n) is 2.05. The van der Waals surface area contributed by atoms with Gasteiger partial charge in [0.05, 0.1) is 25.5 Å². The molecular weight excluding hydrogens is 229 g/mol. The third-order valence-corrected chi connectivity index (χ3v) is 2.05. The number of aldehydes is 1. The van der Waals surface area contributed by atoms with Crippen molar-refractivity contribution < 1.29 is 23.5 Å². The molecule has 1 aromatic rings. The van der Waals surface area contributed by atoms with E-state index in [0.29, 0.717) is 6.29 Å². The number of benzene rings is 1. The summed E-state index contributed by atoms with van der Waals surface area (Å²) < 4.78 is 23.6. The lowest BCUT2D eigenvalue weighted by Gasteiger charge is -2.13. The standard InChI is InChI=1S/C11H12FNO4/c1-6(15)13-8-4-7(5-14)10(16-2)11(17-3)9(8)12/h4-5H,1-3H3,(H,13,15). The van der Waals surface area contributed by atoms with Crippen LogP contribution >= 0.6 is 0 Å². The Morgan fingerprint density at radius 3 is 2.35 bits per heavy atom. The predicted octanol–water partition coefficient (Wildman–Crippen LogP) is 1.61. The van der Waals surface area contributed by atoms with Crippen LogP contribution in [0.4, 0.5) is 10.1 Å². The molecule has 5 nitrogen and oxygen atoms in total. The van der Waals surface area contributed by atoms with E-state index in [9.17, 15) is 14.0 Å². The number of nitrogens with one attached hydrogen (secondary N) is 1. The van der Waals surface area contributed by atoms with Gasteiger partial charge in [-0.1, -0.05) is 0 Å². The van der Waals surface area contributed by atoms with Crippen LogP contribution < -0.4 is 14.8 Å². The molecule has 0 aliphatic carbocycles. The number of rotatable bonds is 4. The van der Waals surface area contributed by atoms with E-state index in [1.54, 1.807) is 0 Å². The Kier molecular flexibility index (Phi) is 4.03. The SMILES string of the molecule is COc1c(C=O)cc(NC(C)=O)c(F)c1OC. The lowest BCUT2D eigenvalue weighted by Crippen LogP contribution is -2.10. The Morgan fingerprint density at radius 1 is 1.35 bits per heavy atom. The maximum Gasteiger partial charge on any atom is 0.221 e. The Balaban J connectivity index is 3.44. The first-order valence-electron chi connectivity index (χ1n) is 4.72. The van der Waals surface area contributed by atoms with Crippen molar-refractivity contribution in [1.82, 2.24) is 0 Å². The van der Waals surface area contributed by atoms with Crippen molar-refractivity contribution in [2.24, 2.45) is 0 Å². The van der Waals surface area contributed by atoms with Crippen LogP contribution in [0.15, 0.2) is 6.07 Å². The Hall–Kier alpha value is -2.11. The van der Waals surface area contributed by atoms with E-state index in [0.717, 1.165) is 0 Å². The molecule has 0 aromatic heterocycles. The predicted molar refractivity (Wildman–Crippen MR) is 59.2 cm³/mol. The molecular formula is C11H12FNO4. The number of hydrogen-bond acceptors (Lipinski definition) is 4. The fourth-order valence-corrected chi connectivity index (χ4v) is 1.40. The fraction of sp³-hybridized carbons (Fsp3) is 0.273. The van der Waals surface area contributed by atoms with Crippen molar-refractivity contribution in [2.75, 3.05) is 19.5 Å². The van der Waals surface area contributed by atoms with Gasteiger partial charge in [0.1, 0.15) is 0 Å². The number of amides is 1. The summed E-state index contributed by atoms with van der Waals surface area (Å²) in [6.45, 7) is 1.23. The van der Waals surface area contributed by atoms with Crippen molar-refractivity contribution in [3.8, 4) is 11.5 Å². The van der Waals surface area contributed by atoms with Crippen LogP contribution in [-0.4, -0.2) is 26.4 Å². The quantitative estimate of drug-likeness (QED) is 0.813. The van der Waals surface area contributed by atoms with Crippen molar-refractivity contribution in [3.05, 3.63) is 17.4 Å². The Bertz CT molecular complexity index is 459. The summed E-state index contributed by atoms with van der Waals surface area (Å²) in [6.07, 6.45) is 0.492. The van der Waals surface area contributed by atoms with Crippen LogP contribution in [-0.2, 0) is 4.79 Å². The summed E-state index contributed by atoms with van der Waals surface area (Å²) in [6, 6.07) is 1.19. The molecule has 1 rings (SSSR count). The zero-order valence-corrected chi connectivity index (χ0v) is 9.67. The number of ether oxygens (including phenoxy) is 2. The molecule has 17 heavy (non-hydrogen) atoms. The Labute approximate surface area is 97.5 Å². The van der Waals surface area contributed by atoms with Crippen molar-refractivity contribution in [2.45, 2.75) is 6.92 Å². The normalized spacial score (nSPS) is 9.65. The van der Waals surface area contributed by atoms with E-state index in [1.807, 2.05) is 0 Å². The Morgan fingerprint density at radius 2 is 1.94 bits per heavy atom. The second-order valence-electron chi connectivity index (χ2n) is 3.19. The smallest absolute Gasteiger partial charge is 0.221 e. The topological polar surface area (TPSA) is 64.6 Å². The number of anilines is 1. The van der Waals surface area contributed by atoms with E-state index in [4.69, 9.17) is 9.47 Å². The van der Waals surface area contributed by atoms with Gasteiger partial charge in [0, 0.05) is 6.92 Å². The van der Waals surface area contributed by atoms with Crippen LogP contribution in [0.1, 0.15) is 17.3 Å². The van der Waals surface area contributed by atoms with Gasteiger partial charge < -0.3 is 14.8 Å². The van der Waals surface area contributed by atoms with Gasteiger partial charge in [0.2, 0.25) is 5.91 Å². The zero-order chi connectivity index (χ0) is 13.0. The van der Waals surface area contributed by atoms with E-state index >= 15 is 0 Å². The first kappa shape index (κ1) is 13.0. The number of methoxy groups -OCH3 is 2. The highest BCUT2D eigenvalue weighted by Gasteiger charge is 2.20. The molecule has 0 spiro atoms. The second kappa shape index (κ2) is 5.29. The van der Waals surface area contributed by atoms with E-state index in [2.05, 4.69) is 5.32 Å². The third kappa shape index (κ3) is 2.52. The molecule has 0 aliphatic rings. The first-order chi connectivity index (χ1) is 8.04. The number of carbonyl (C=O) groups is 2. The minimum absolute atomic E-state index is 0.00546. The largest absolute Gasteiger partial charge is 0.492 e. The lowest BCUT2D eigenvalue weighted by molar-refractivity contribution is -0.114. The van der Waals surface area contributed by atoms with Crippen molar-refractivity contribution in [1.29, 1.82) is 0 Å². The van der Waals surface area contributed by atoms with Gasteiger partial charge >= 0.3 is 0 Å². The number of halogens is 1. The van der Waals surface area contributed by atoms with Crippen LogP contribution in [0, 0.1) is 5.82 Å². The summed E-state index contributed by atoms with van der Waals surface area (Å²) in [4.78, 5) is 21.7. The van der Waals surface area contributed by atoms with Crippen LogP contribution in [0.25, 0.3) is 0 Å². The van der Waals surface area contributed by atoms with Gasteiger partial charge in [-0.25, -0.2) is 4.39 Å². The highest BCUT2D eigenvalue weighted by Crippen LogP contribution is 2.37. The van der Waals surface area contributed by atoms with Crippen LogP contribution in [0.2, 0.25) is 0 Å². The average molecular weight is 241 g/mol. The lowest BCUT2D eigenvalue weighted by atomic mass is 10.1. The highest BCUT2D eigenvalue weighted by atomic mass is 19.1. The first-order valence-corrected chi connectivity index (χ1v) is 4.72. The van der Waals surface area contributed by atoms with Gasteiger partial charge in [0.15, 0.2) is 23.6 Å². The molecule has 0 saturated heterocycles. The second-order valence-corrected chi connectivity index (χ2v) is 3.19. The minimum Gasteiger partial charge on any atom is -0.492 e. The monoisotopic (exact) mass is 241 g/mol.